The number of rotatable bonds is 3. The topological polar surface area (TPSA) is 41.1 Å². The minimum absolute atomic E-state index is 0.00861. The summed E-state index contributed by atoms with van der Waals surface area (Å²) in [6, 6.07) is 5.20. The summed E-state index contributed by atoms with van der Waals surface area (Å²) < 4.78 is 38.4. The number of halogens is 3. The van der Waals surface area contributed by atoms with Crippen molar-refractivity contribution in [2.75, 3.05) is 13.1 Å². The van der Waals surface area contributed by atoms with Crippen molar-refractivity contribution in [3.63, 3.8) is 0 Å². The Morgan fingerprint density at radius 2 is 2.10 bits per heavy atom. The van der Waals surface area contributed by atoms with Crippen LogP contribution in [0.15, 0.2) is 24.3 Å². The van der Waals surface area contributed by atoms with Crippen molar-refractivity contribution >= 4 is 5.91 Å². The molecule has 110 valence electrons. The van der Waals surface area contributed by atoms with Crippen LogP contribution in [0.25, 0.3) is 0 Å². The molecule has 1 amide bonds. The van der Waals surface area contributed by atoms with E-state index in [0.717, 1.165) is 25.5 Å². The molecule has 0 aromatic heterocycles. The van der Waals surface area contributed by atoms with Crippen LogP contribution in [-0.2, 0) is 17.4 Å². The molecule has 1 heterocycles. The third kappa shape index (κ3) is 3.96. The number of hydrogen-bond acceptors (Lipinski definition) is 2. The fraction of sp³-hybridized carbons (Fsp3) is 0.500. The molecule has 1 saturated heterocycles. The number of hydrogen-bond donors (Lipinski definition) is 2. The van der Waals surface area contributed by atoms with Crippen molar-refractivity contribution in [2.24, 2.45) is 0 Å². The Morgan fingerprint density at radius 3 is 2.75 bits per heavy atom. The molecular formula is C14H17F3N2O. The summed E-state index contributed by atoms with van der Waals surface area (Å²) in [5.74, 6) is -0.365. The Morgan fingerprint density at radius 1 is 1.35 bits per heavy atom. The van der Waals surface area contributed by atoms with Crippen LogP contribution in [0.4, 0.5) is 13.2 Å². The largest absolute Gasteiger partial charge is 0.416 e. The molecule has 1 aliphatic rings. The number of amides is 1. The van der Waals surface area contributed by atoms with E-state index in [1.807, 2.05) is 0 Å². The van der Waals surface area contributed by atoms with Crippen LogP contribution >= 0.6 is 0 Å². The van der Waals surface area contributed by atoms with Gasteiger partial charge in [-0.2, -0.15) is 13.2 Å². The Hall–Kier alpha value is -1.56. The Balaban J connectivity index is 2.00. The van der Waals surface area contributed by atoms with E-state index in [9.17, 15) is 18.0 Å². The summed E-state index contributed by atoms with van der Waals surface area (Å²) in [4.78, 5) is 11.9. The van der Waals surface area contributed by atoms with Crippen molar-refractivity contribution in [3.8, 4) is 0 Å². The van der Waals surface area contributed by atoms with E-state index < -0.39 is 11.7 Å². The van der Waals surface area contributed by atoms with Gasteiger partial charge in [-0.15, -0.1) is 0 Å². The van der Waals surface area contributed by atoms with Crippen LogP contribution in [0.5, 0.6) is 0 Å². The van der Waals surface area contributed by atoms with E-state index in [-0.39, 0.29) is 23.9 Å². The predicted octanol–water partition coefficient (Wildman–Crippen LogP) is 2.12. The molecular weight excluding hydrogens is 269 g/mol. The molecule has 20 heavy (non-hydrogen) atoms. The van der Waals surface area contributed by atoms with Gasteiger partial charge in [0.2, 0.25) is 5.91 Å². The molecule has 1 aliphatic heterocycles. The smallest absolute Gasteiger partial charge is 0.352 e. The normalized spacial score (nSPS) is 19.6. The van der Waals surface area contributed by atoms with Crippen LogP contribution in [0.1, 0.15) is 24.0 Å². The standard InChI is InChI=1S/C14H17F3N2O/c15-14(16,17)12-6-2-1-4-10(12)8-13(20)19-11-5-3-7-18-9-11/h1-2,4,6,11,18H,3,5,7-9H2,(H,19,20)/t11-/m0/s1. The Kier molecular flexibility index (Phi) is 4.65. The molecule has 1 atom stereocenters. The van der Waals surface area contributed by atoms with Crippen molar-refractivity contribution in [1.29, 1.82) is 0 Å². The second-order valence-corrected chi connectivity index (χ2v) is 4.94. The van der Waals surface area contributed by atoms with Crippen molar-refractivity contribution in [1.82, 2.24) is 10.6 Å². The van der Waals surface area contributed by atoms with Gasteiger partial charge in [0, 0.05) is 12.6 Å². The Bertz CT molecular complexity index is 468. The minimum atomic E-state index is -4.43. The third-order valence-corrected chi connectivity index (χ3v) is 3.34. The molecule has 0 saturated carbocycles. The highest BCUT2D eigenvalue weighted by atomic mass is 19.4. The van der Waals surface area contributed by atoms with E-state index >= 15 is 0 Å². The average Bonchev–Trinajstić information content (AvgIpc) is 2.39. The molecule has 0 aliphatic carbocycles. The van der Waals surface area contributed by atoms with Gasteiger partial charge in [-0.1, -0.05) is 18.2 Å². The zero-order valence-corrected chi connectivity index (χ0v) is 11.0. The molecule has 1 fully saturated rings. The molecule has 0 spiro atoms. The number of nitrogens with one attached hydrogen (secondary N) is 2. The van der Waals surface area contributed by atoms with Gasteiger partial charge < -0.3 is 10.6 Å². The molecule has 1 aromatic carbocycles. The number of carbonyl (C=O) groups is 1. The Labute approximate surface area is 115 Å². The summed E-state index contributed by atoms with van der Waals surface area (Å²) in [6.45, 7) is 1.59. The summed E-state index contributed by atoms with van der Waals surface area (Å²) in [5, 5.41) is 5.92. The van der Waals surface area contributed by atoms with Gasteiger partial charge >= 0.3 is 6.18 Å². The fourth-order valence-corrected chi connectivity index (χ4v) is 2.38. The summed E-state index contributed by atoms with van der Waals surface area (Å²) >= 11 is 0. The molecule has 6 heteroatoms. The first-order valence-electron chi connectivity index (χ1n) is 6.62. The molecule has 2 rings (SSSR count). The van der Waals surface area contributed by atoms with E-state index in [1.165, 1.54) is 18.2 Å². The van der Waals surface area contributed by atoms with E-state index in [1.54, 1.807) is 0 Å². The van der Waals surface area contributed by atoms with Crippen molar-refractivity contribution in [3.05, 3.63) is 35.4 Å². The number of alkyl halides is 3. The first kappa shape index (κ1) is 14.8. The van der Waals surface area contributed by atoms with Crippen LogP contribution in [0.2, 0.25) is 0 Å². The van der Waals surface area contributed by atoms with Crippen molar-refractivity contribution in [2.45, 2.75) is 31.5 Å². The van der Waals surface area contributed by atoms with Crippen molar-refractivity contribution < 1.29 is 18.0 Å². The van der Waals surface area contributed by atoms with E-state index in [0.29, 0.717) is 6.54 Å². The van der Waals surface area contributed by atoms with E-state index in [4.69, 9.17) is 0 Å². The summed E-state index contributed by atoms with van der Waals surface area (Å²) in [6.07, 6.45) is -2.85. The SMILES string of the molecule is O=C(Cc1ccccc1C(F)(F)F)N[C@H]1CCCNC1. The second kappa shape index (κ2) is 6.26. The third-order valence-electron chi connectivity index (χ3n) is 3.34. The molecule has 2 N–H and O–H groups in total. The van der Waals surface area contributed by atoms with Gasteiger partial charge in [-0.3, -0.25) is 4.79 Å². The summed E-state index contributed by atoms with van der Waals surface area (Å²) in [5.41, 5.74) is -0.724. The maximum absolute atomic E-state index is 12.8. The first-order valence-corrected chi connectivity index (χ1v) is 6.62. The quantitative estimate of drug-likeness (QED) is 0.893. The van der Waals surface area contributed by atoms with Gasteiger partial charge in [-0.05, 0) is 31.0 Å². The maximum atomic E-state index is 12.8. The molecule has 0 unspecified atom stereocenters. The predicted molar refractivity (Wildman–Crippen MR) is 69.2 cm³/mol. The highest BCUT2D eigenvalue weighted by Gasteiger charge is 2.33. The fourth-order valence-electron chi connectivity index (χ4n) is 2.38. The van der Waals surface area contributed by atoms with Crippen LogP contribution < -0.4 is 10.6 Å². The minimum Gasteiger partial charge on any atom is -0.352 e. The van der Waals surface area contributed by atoms with Crippen LogP contribution in [0.3, 0.4) is 0 Å². The highest BCUT2D eigenvalue weighted by molar-refractivity contribution is 5.79. The van der Waals surface area contributed by atoms with Gasteiger partial charge in [0.15, 0.2) is 0 Å². The summed E-state index contributed by atoms with van der Waals surface area (Å²) in [7, 11) is 0. The lowest BCUT2D eigenvalue weighted by Gasteiger charge is -2.24. The van der Waals surface area contributed by atoms with Crippen LogP contribution in [-0.4, -0.2) is 25.0 Å². The number of benzene rings is 1. The maximum Gasteiger partial charge on any atom is 0.416 e. The monoisotopic (exact) mass is 286 g/mol. The second-order valence-electron chi connectivity index (χ2n) is 4.94. The lowest BCUT2D eigenvalue weighted by atomic mass is 10.0. The van der Waals surface area contributed by atoms with Crippen LogP contribution in [0, 0.1) is 0 Å². The lowest BCUT2D eigenvalue weighted by Crippen LogP contribution is -2.46. The molecule has 3 nitrogen and oxygen atoms in total. The average molecular weight is 286 g/mol. The number of piperidine rings is 1. The number of carbonyl (C=O) groups excluding carboxylic acids is 1. The molecule has 1 aromatic rings. The lowest BCUT2D eigenvalue weighted by molar-refractivity contribution is -0.138. The molecule has 0 bridgehead atoms. The van der Waals surface area contributed by atoms with Gasteiger partial charge in [0.1, 0.15) is 0 Å². The molecule has 0 radical (unpaired) electrons. The van der Waals surface area contributed by atoms with Gasteiger partial charge in [0.05, 0.1) is 12.0 Å². The zero-order chi connectivity index (χ0) is 14.6. The van der Waals surface area contributed by atoms with E-state index in [2.05, 4.69) is 10.6 Å². The van der Waals surface area contributed by atoms with Gasteiger partial charge in [-0.25, -0.2) is 0 Å². The zero-order valence-electron chi connectivity index (χ0n) is 11.0. The highest BCUT2D eigenvalue weighted by Crippen LogP contribution is 2.31. The van der Waals surface area contributed by atoms with Gasteiger partial charge in [0.25, 0.3) is 0 Å². The first-order chi connectivity index (χ1) is 9.47.